The maximum atomic E-state index is 10.0. The van der Waals surface area contributed by atoms with Crippen LogP contribution in [0.3, 0.4) is 0 Å². The third kappa shape index (κ3) is 2.93. The van der Waals surface area contributed by atoms with E-state index in [1.807, 2.05) is 25.1 Å². The number of fused-ring (bicyclic) bond motifs is 1. The fraction of sp³-hybridized carbons (Fsp3) is 0.417. The normalized spacial score (nSPS) is 18.8. The first-order valence-corrected chi connectivity index (χ1v) is 10.7. The molecule has 0 radical (unpaired) electrons. The fourth-order valence-electron chi connectivity index (χ4n) is 4.64. The van der Waals surface area contributed by atoms with Gasteiger partial charge in [-0.25, -0.2) is 0 Å². The van der Waals surface area contributed by atoms with E-state index in [4.69, 9.17) is 9.40 Å². The molecule has 0 spiro atoms. The van der Waals surface area contributed by atoms with E-state index < -0.39 is 0 Å². The van der Waals surface area contributed by atoms with Gasteiger partial charge in [0, 0.05) is 37.8 Å². The van der Waals surface area contributed by atoms with Crippen LogP contribution in [0.15, 0.2) is 34.7 Å². The third-order valence-electron chi connectivity index (χ3n) is 6.57. The van der Waals surface area contributed by atoms with E-state index in [2.05, 4.69) is 47.0 Å². The summed E-state index contributed by atoms with van der Waals surface area (Å²) in [5.74, 6) is 0. The van der Waals surface area contributed by atoms with Crippen LogP contribution in [-0.2, 0) is 0 Å². The molecule has 0 aliphatic carbocycles. The summed E-state index contributed by atoms with van der Waals surface area (Å²) in [4.78, 5) is 11.7. The van der Waals surface area contributed by atoms with E-state index in [1.54, 1.807) is 0 Å². The Morgan fingerprint density at radius 1 is 1.13 bits per heavy atom. The minimum atomic E-state index is 0.498. The number of anilines is 2. The number of likely N-dealkylation sites (N-methyl/N-ethyl adjacent to an activating group) is 1. The summed E-state index contributed by atoms with van der Waals surface area (Å²) in [5, 5.41) is 10.0. The Morgan fingerprint density at radius 3 is 2.50 bits per heavy atom. The van der Waals surface area contributed by atoms with Gasteiger partial charge in [0.05, 0.1) is 11.3 Å². The Morgan fingerprint density at radius 2 is 1.90 bits per heavy atom. The number of benzene rings is 2. The van der Waals surface area contributed by atoms with Crippen molar-refractivity contribution in [3.05, 3.63) is 41.5 Å². The quantitative estimate of drug-likeness (QED) is 0.658. The Labute approximate surface area is 177 Å². The fourth-order valence-corrected chi connectivity index (χ4v) is 4.64. The summed E-state index contributed by atoms with van der Waals surface area (Å²) in [6, 6.07) is 13.9. The van der Waals surface area contributed by atoms with Gasteiger partial charge in [-0.3, -0.25) is 0 Å². The summed E-state index contributed by atoms with van der Waals surface area (Å²) in [6.07, 6.45) is 2.26. The second kappa shape index (κ2) is 7.33. The van der Waals surface area contributed by atoms with Crippen LogP contribution < -0.4 is 9.80 Å². The van der Waals surface area contributed by atoms with Crippen molar-refractivity contribution in [2.75, 3.05) is 50.1 Å². The van der Waals surface area contributed by atoms with E-state index in [1.165, 1.54) is 0 Å². The first kappa shape index (κ1) is 19.0. The molecule has 0 unspecified atom stereocenters. The molecule has 2 aromatic carbocycles. The molecule has 0 bridgehead atoms. The molecule has 2 fully saturated rings. The highest BCUT2D eigenvalue weighted by atomic mass is 16.4. The minimum absolute atomic E-state index is 0.498. The van der Waals surface area contributed by atoms with Crippen LogP contribution in [0.5, 0.6) is 0 Å². The number of oxazole rings is 1. The molecule has 5 rings (SSSR count). The number of nitrogens with zero attached hydrogens (tertiary/aromatic N) is 5. The Kier molecular flexibility index (Phi) is 4.63. The van der Waals surface area contributed by atoms with E-state index in [-0.39, 0.29) is 0 Å². The van der Waals surface area contributed by atoms with E-state index in [9.17, 15) is 5.26 Å². The number of rotatable bonds is 4. The summed E-state index contributed by atoms with van der Waals surface area (Å²) in [6.45, 7) is 5.86. The number of hydrogen-bond donors (Lipinski definition) is 0. The van der Waals surface area contributed by atoms with Gasteiger partial charge in [-0.15, -0.1) is 0 Å². The van der Waals surface area contributed by atoms with Crippen molar-refractivity contribution in [3.63, 3.8) is 0 Å². The highest BCUT2D eigenvalue weighted by Gasteiger charge is 2.32. The molecule has 30 heavy (non-hydrogen) atoms. The van der Waals surface area contributed by atoms with Crippen molar-refractivity contribution in [3.8, 4) is 17.2 Å². The van der Waals surface area contributed by atoms with Crippen molar-refractivity contribution >= 4 is 22.8 Å². The third-order valence-corrected chi connectivity index (χ3v) is 6.57. The second-order valence-electron chi connectivity index (χ2n) is 8.57. The molecule has 0 N–H and O–H groups in total. The highest BCUT2D eigenvalue weighted by molar-refractivity contribution is 6.03. The molecule has 2 saturated heterocycles. The second-order valence-corrected chi connectivity index (χ2v) is 8.57. The van der Waals surface area contributed by atoms with Gasteiger partial charge >= 0.3 is 0 Å². The molecule has 3 aromatic rings. The first-order valence-electron chi connectivity index (χ1n) is 10.7. The maximum absolute atomic E-state index is 10.0. The predicted molar refractivity (Wildman–Crippen MR) is 120 cm³/mol. The van der Waals surface area contributed by atoms with Gasteiger partial charge in [-0.05, 0) is 45.0 Å². The Hall–Kier alpha value is -3.04. The summed E-state index contributed by atoms with van der Waals surface area (Å²) in [5.41, 5.74) is 6.31. The lowest BCUT2D eigenvalue weighted by Gasteiger charge is -2.28. The molecule has 1 atom stereocenters. The standard InChI is InChI=1S/C24H27N5O/c1-16-19(14-25)21-23(30-24(26-21)28-11-7-12-28)22(20(16)17-8-5-4-6-9-17)29-13-10-18(15-29)27(2)3/h4-6,8-9,18H,7,10-13,15H2,1-3H3/t18-/m0/s1. The molecule has 3 heterocycles. The van der Waals surface area contributed by atoms with Crippen molar-refractivity contribution in [1.29, 1.82) is 5.26 Å². The molecule has 6 nitrogen and oxygen atoms in total. The van der Waals surface area contributed by atoms with Crippen molar-refractivity contribution in [2.45, 2.75) is 25.8 Å². The van der Waals surface area contributed by atoms with Gasteiger partial charge in [0.1, 0.15) is 11.6 Å². The van der Waals surface area contributed by atoms with Crippen LogP contribution in [0.1, 0.15) is 24.0 Å². The van der Waals surface area contributed by atoms with Gasteiger partial charge in [-0.1, -0.05) is 30.3 Å². The smallest absolute Gasteiger partial charge is 0.298 e. The molecule has 1 aromatic heterocycles. The molecule has 0 saturated carbocycles. The first-order chi connectivity index (χ1) is 14.6. The number of nitriles is 1. The van der Waals surface area contributed by atoms with Crippen LogP contribution in [0.4, 0.5) is 11.7 Å². The average molecular weight is 402 g/mol. The average Bonchev–Trinajstić information content (AvgIpc) is 3.34. The zero-order valence-electron chi connectivity index (χ0n) is 17.9. The number of aromatic nitrogens is 1. The van der Waals surface area contributed by atoms with Gasteiger partial charge in [0.25, 0.3) is 6.01 Å². The SMILES string of the molecule is Cc1c(-c2ccccc2)c(N2CC[C@H](N(C)C)C2)c2oc(N3CCC3)nc2c1C#N. The summed E-state index contributed by atoms with van der Waals surface area (Å²) in [7, 11) is 4.28. The molecule has 6 heteroatoms. The molecule has 0 amide bonds. The monoisotopic (exact) mass is 401 g/mol. The summed E-state index contributed by atoms with van der Waals surface area (Å²) >= 11 is 0. The minimum Gasteiger partial charge on any atom is -0.421 e. The molecular weight excluding hydrogens is 374 g/mol. The largest absolute Gasteiger partial charge is 0.421 e. The van der Waals surface area contributed by atoms with Crippen LogP contribution in [-0.4, -0.2) is 56.2 Å². The van der Waals surface area contributed by atoms with Gasteiger partial charge in [0.15, 0.2) is 5.58 Å². The lowest BCUT2D eigenvalue weighted by atomic mass is 9.93. The predicted octanol–water partition coefficient (Wildman–Crippen LogP) is 4.03. The van der Waals surface area contributed by atoms with Gasteiger partial charge in [-0.2, -0.15) is 10.2 Å². The lowest BCUT2D eigenvalue weighted by molar-refractivity contribution is 0.315. The maximum Gasteiger partial charge on any atom is 0.298 e. The number of hydrogen-bond acceptors (Lipinski definition) is 6. The Bertz CT molecular complexity index is 1120. The molecule has 2 aliphatic rings. The van der Waals surface area contributed by atoms with Crippen molar-refractivity contribution < 1.29 is 4.42 Å². The Balaban J connectivity index is 1.78. The molecule has 2 aliphatic heterocycles. The lowest BCUT2D eigenvalue weighted by Crippen LogP contribution is -2.37. The van der Waals surface area contributed by atoms with E-state index in [0.717, 1.165) is 67.0 Å². The molecular formula is C24H27N5O. The van der Waals surface area contributed by atoms with E-state index >= 15 is 0 Å². The highest BCUT2D eigenvalue weighted by Crippen LogP contribution is 2.45. The van der Waals surface area contributed by atoms with Gasteiger partial charge in [0.2, 0.25) is 0 Å². The van der Waals surface area contributed by atoms with Crippen molar-refractivity contribution in [2.24, 2.45) is 0 Å². The van der Waals surface area contributed by atoms with E-state index in [0.29, 0.717) is 23.1 Å². The van der Waals surface area contributed by atoms with Crippen LogP contribution in [0, 0.1) is 18.3 Å². The van der Waals surface area contributed by atoms with Gasteiger partial charge < -0.3 is 19.1 Å². The summed E-state index contributed by atoms with van der Waals surface area (Å²) < 4.78 is 6.38. The topological polar surface area (TPSA) is 59.5 Å². The van der Waals surface area contributed by atoms with Crippen LogP contribution in [0.2, 0.25) is 0 Å². The van der Waals surface area contributed by atoms with Crippen LogP contribution in [0.25, 0.3) is 22.2 Å². The molecule has 154 valence electrons. The zero-order valence-corrected chi connectivity index (χ0v) is 17.9. The zero-order chi connectivity index (χ0) is 20.8. The van der Waals surface area contributed by atoms with Crippen LogP contribution >= 0.6 is 0 Å². The van der Waals surface area contributed by atoms with Crippen molar-refractivity contribution in [1.82, 2.24) is 9.88 Å².